The molecule has 1 fully saturated rings. The molecule has 4 rings (SSSR count). The fourth-order valence-electron chi connectivity index (χ4n) is 3.93. The Labute approximate surface area is 154 Å². The maximum Gasteiger partial charge on any atom is 0.319 e. The van der Waals surface area contributed by atoms with Crippen molar-refractivity contribution in [3.8, 4) is 5.75 Å². The number of carbonyl (C=O) groups excluding carboxylic acids is 1. The Kier molecular flexibility index (Phi) is 4.55. The van der Waals surface area contributed by atoms with Gasteiger partial charge in [-0.25, -0.2) is 4.79 Å². The van der Waals surface area contributed by atoms with E-state index in [0.29, 0.717) is 0 Å². The van der Waals surface area contributed by atoms with Gasteiger partial charge in [0.15, 0.2) is 0 Å². The lowest BCUT2D eigenvalue weighted by Crippen LogP contribution is -2.51. The maximum atomic E-state index is 12.5. The van der Waals surface area contributed by atoms with Crippen LogP contribution >= 0.6 is 0 Å². The molecule has 5 nitrogen and oxygen atoms in total. The number of amides is 2. The van der Waals surface area contributed by atoms with Gasteiger partial charge in [-0.1, -0.05) is 36.4 Å². The van der Waals surface area contributed by atoms with Gasteiger partial charge in [0.1, 0.15) is 11.4 Å². The van der Waals surface area contributed by atoms with Gasteiger partial charge in [-0.2, -0.15) is 0 Å². The molecule has 0 aliphatic carbocycles. The summed E-state index contributed by atoms with van der Waals surface area (Å²) in [6, 6.07) is 17.3. The van der Waals surface area contributed by atoms with E-state index in [2.05, 4.69) is 22.6 Å². The third-order valence-corrected chi connectivity index (χ3v) is 5.43. The van der Waals surface area contributed by atoms with Crippen LogP contribution in [0.1, 0.15) is 30.9 Å². The SMILES string of the molecule is CN1CCC2(CC1)CC(NC(=O)Nc1ccccc1)c1ccccc1O2. The summed E-state index contributed by atoms with van der Waals surface area (Å²) in [5, 5.41) is 6.08. The predicted molar refractivity (Wildman–Crippen MR) is 102 cm³/mol. The number of ether oxygens (including phenoxy) is 1. The molecule has 1 atom stereocenters. The third kappa shape index (κ3) is 3.53. The summed E-state index contributed by atoms with van der Waals surface area (Å²) in [6.07, 6.45) is 2.77. The summed E-state index contributed by atoms with van der Waals surface area (Å²) >= 11 is 0. The van der Waals surface area contributed by atoms with Crippen LogP contribution < -0.4 is 15.4 Å². The molecule has 2 N–H and O–H groups in total. The monoisotopic (exact) mass is 351 g/mol. The Bertz CT molecular complexity index is 770. The normalized spacial score (nSPS) is 21.5. The van der Waals surface area contributed by atoms with Gasteiger partial charge in [0.05, 0.1) is 6.04 Å². The number of para-hydroxylation sites is 2. The molecule has 0 aromatic heterocycles. The van der Waals surface area contributed by atoms with Crippen LogP contribution in [0.4, 0.5) is 10.5 Å². The molecule has 1 saturated heterocycles. The van der Waals surface area contributed by atoms with E-state index < -0.39 is 0 Å². The highest BCUT2D eigenvalue weighted by Crippen LogP contribution is 2.44. The second-order valence-corrected chi connectivity index (χ2v) is 7.35. The van der Waals surface area contributed by atoms with Crippen LogP contribution in [0.2, 0.25) is 0 Å². The second kappa shape index (κ2) is 7.00. The van der Waals surface area contributed by atoms with E-state index in [1.54, 1.807) is 0 Å². The van der Waals surface area contributed by atoms with Crippen molar-refractivity contribution in [3.05, 3.63) is 60.2 Å². The molecule has 2 amide bonds. The lowest BCUT2D eigenvalue weighted by Gasteiger charge is -2.46. The number of piperidine rings is 1. The van der Waals surface area contributed by atoms with Crippen molar-refractivity contribution in [1.29, 1.82) is 0 Å². The highest BCUT2D eigenvalue weighted by Gasteiger charge is 2.43. The number of carbonyl (C=O) groups is 1. The average molecular weight is 351 g/mol. The zero-order valence-corrected chi connectivity index (χ0v) is 15.1. The first-order chi connectivity index (χ1) is 12.6. The van der Waals surface area contributed by atoms with Gasteiger partial charge < -0.3 is 20.3 Å². The fourth-order valence-corrected chi connectivity index (χ4v) is 3.93. The number of urea groups is 1. The van der Waals surface area contributed by atoms with Crippen LogP contribution in [0.25, 0.3) is 0 Å². The van der Waals surface area contributed by atoms with E-state index >= 15 is 0 Å². The van der Waals surface area contributed by atoms with Crippen LogP contribution in [0, 0.1) is 0 Å². The number of hydrogen-bond acceptors (Lipinski definition) is 3. The molecule has 1 spiro atoms. The molecule has 0 radical (unpaired) electrons. The minimum absolute atomic E-state index is 0.0490. The molecule has 26 heavy (non-hydrogen) atoms. The maximum absolute atomic E-state index is 12.5. The number of benzene rings is 2. The topological polar surface area (TPSA) is 53.6 Å². The zero-order chi connectivity index (χ0) is 18.0. The van der Waals surface area contributed by atoms with E-state index in [1.165, 1.54) is 0 Å². The van der Waals surface area contributed by atoms with Crippen LogP contribution in [-0.2, 0) is 0 Å². The number of likely N-dealkylation sites (tertiary alicyclic amines) is 1. The summed E-state index contributed by atoms with van der Waals surface area (Å²) in [4.78, 5) is 14.9. The average Bonchev–Trinajstić information content (AvgIpc) is 2.65. The Morgan fingerprint density at radius 1 is 1.08 bits per heavy atom. The van der Waals surface area contributed by atoms with Crippen molar-refractivity contribution in [1.82, 2.24) is 10.2 Å². The molecule has 2 aromatic rings. The minimum atomic E-state index is -0.189. The fraction of sp³-hybridized carbons (Fsp3) is 0.381. The lowest BCUT2D eigenvalue weighted by molar-refractivity contribution is -0.0188. The van der Waals surface area contributed by atoms with Gasteiger partial charge in [-0.3, -0.25) is 0 Å². The predicted octanol–water partition coefficient (Wildman–Crippen LogP) is 3.80. The zero-order valence-electron chi connectivity index (χ0n) is 15.1. The quantitative estimate of drug-likeness (QED) is 0.865. The number of nitrogens with zero attached hydrogens (tertiary/aromatic N) is 1. The molecule has 2 heterocycles. The highest BCUT2D eigenvalue weighted by atomic mass is 16.5. The minimum Gasteiger partial charge on any atom is -0.487 e. The standard InChI is InChI=1S/C21H25N3O2/c1-24-13-11-21(12-14-24)15-18(17-9-5-6-10-19(17)26-21)23-20(25)22-16-7-3-2-4-8-16/h2-10,18H,11-15H2,1H3,(H2,22,23,25). The van der Waals surface area contributed by atoms with Gasteiger partial charge in [0.25, 0.3) is 0 Å². The van der Waals surface area contributed by atoms with Gasteiger partial charge in [-0.15, -0.1) is 0 Å². The van der Waals surface area contributed by atoms with Crippen molar-refractivity contribution in [3.63, 3.8) is 0 Å². The first-order valence-corrected chi connectivity index (χ1v) is 9.23. The smallest absolute Gasteiger partial charge is 0.319 e. The Morgan fingerprint density at radius 3 is 2.54 bits per heavy atom. The highest BCUT2D eigenvalue weighted by molar-refractivity contribution is 5.89. The number of hydrogen-bond donors (Lipinski definition) is 2. The molecule has 0 bridgehead atoms. The van der Waals surface area contributed by atoms with Gasteiger partial charge in [-0.05, 0) is 38.1 Å². The summed E-state index contributed by atoms with van der Waals surface area (Å²) in [7, 11) is 2.15. The molecule has 1 unspecified atom stereocenters. The molecular formula is C21H25N3O2. The summed E-state index contributed by atoms with van der Waals surface area (Å²) in [5.74, 6) is 0.897. The van der Waals surface area contributed by atoms with E-state index in [1.807, 2.05) is 54.6 Å². The Balaban J connectivity index is 1.53. The number of anilines is 1. The van der Waals surface area contributed by atoms with Crippen molar-refractivity contribution < 1.29 is 9.53 Å². The molecule has 5 heteroatoms. The molecule has 0 saturated carbocycles. The van der Waals surface area contributed by atoms with Gasteiger partial charge in [0, 0.05) is 30.8 Å². The molecule has 2 aromatic carbocycles. The van der Waals surface area contributed by atoms with Crippen LogP contribution in [0.3, 0.4) is 0 Å². The van der Waals surface area contributed by atoms with Crippen molar-refractivity contribution in [2.75, 3.05) is 25.5 Å². The van der Waals surface area contributed by atoms with Crippen molar-refractivity contribution >= 4 is 11.7 Å². The lowest BCUT2D eigenvalue weighted by atomic mass is 9.80. The Morgan fingerprint density at radius 2 is 1.77 bits per heavy atom. The van der Waals surface area contributed by atoms with Crippen LogP contribution in [0.5, 0.6) is 5.75 Å². The van der Waals surface area contributed by atoms with Crippen molar-refractivity contribution in [2.24, 2.45) is 0 Å². The summed E-state index contributed by atoms with van der Waals surface area (Å²) < 4.78 is 6.44. The third-order valence-electron chi connectivity index (χ3n) is 5.43. The molecule has 136 valence electrons. The Hall–Kier alpha value is -2.53. The molecule has 2 aliphatic rings. The van der Waals surface area contributed by atoms with E-state index in [4.69, 9.17) is 4.74 Å². The van der Waals surface area contributed by atoms with Crippen LogP contribution in [-0.4, -0.2) is 36.7 Å². The second-order valence-electron chi connectivity index (χ2n) is 7.35. The first kappa shape index (κ1) is 16.9. The van der Waals surface area contributed by atoms with E-state index in [-0.39, 0.29) is 17.7 Å². The van der Waals surface area contributed by atoms with Crippen LogP contribution in [0.15, 0.2) is 54.6 Å². The molecular weight excluding hydrogens is 326 g/mol. The number of rotatable bonds is 2. The van der Waals surface area contributed by atoms with Crippen molar-refractivity contribution in [2.45, 2.75) is 30.9 Å². The largest absolute Gasteiger partial charge is 0.487 e. The first-order valence-electron chi connectivity index (χ1n) is 9.23. The van der Waals surface area contributed by atoms with Gasteiger partial charge >= 0.3 is 6.03 Å². The number of fused-ring (bicyclic) bond motifs is 1. The number of nitrogens with one attached hydrogen (secondary N) is 2. The van der Waals surface area contributed by atoms with E-state index in [0.717, 1.165) is 49.4 Å². The molecule has 2 aliphatic heterocycles. The van der Waals surface area contributed by atoms with Gasteiger partial charge in [0.2, 0.25) is 0 Å². The summed E-state index contributed by atoms with van der Waals surface area (Å²) in [5.41, 5.74) is 1.66. The summed E-state index contributed by atoms with van der Waals surface area (Å²) in [6.45, 7) is 2.04. The van der Waals surface area contributed by atoms with E-state index in [9.17, 15) is 4.79 Å².